The summed E-state index contributed by atoms with van der Waals surface area (Å²) in [5.41, 5.74) is 0. The lowest BCUT2D eigenvalue weighted by Crippen LogP contribution is -2.58. The van der Waals surface area contributed by atoms with E-state index in [0.717, 1.165) is 24.9 Å². The molecule has 2 atom stereocenters. The topological polar surface area (TPSA) is 20.2 Å². The van der Waals surface area contributed by atoms with Gasteiger partial charge in [-0.05, 0) is 6.42 Å². The van der Waals surface area contributed by atoms with E-state index < -0.39 is 0 Å². The number of aliphatic hydroxyl groups excluding tert-OH is 1. The highest BCUT2D eigenvalue weighted by Crippen LogP contribution is 2.41. The van der Waals surface area contributed by atoms with Crippen LogP contribution < -0.4 is 0 Å². The quantitative estimate of drug-likeness (QED) is 0.687. The first-order valence-electron chi connectivity index (χ1n) is 6.19. The molecule has 2 aliphatic heterocycles. The molecule has 0 aromatic carbocycles. The maximum atomic E-state index is 9.74. The van der Waals surface area contributed by atoms with Crippen LogP contribution in [-0.2, 0) is 0 Å². The van der Waals surface area contributed by atoms with E-state index in [1.807, 2.05) is 0 Å². The summed E-state index contributed by atoms with van der Waals surface area (Å²) in [6.45, 7) is 3.60. The summed E-state index contributed by atoms with van der Waals surface area (Å²) in [5.74, 6) is 0. The van der Waals surface area contributed by atoms with Gasteiger partial charge < -0.3 is 9.59 Å². The van der Waals surface area contributed by atoms with Crippen molar-refractivity contribution in [1.29, 1.82) is 0 Å². The zero-order valence-corrected chi connectivity index (χ0v) is 9.58. The van der Waals surface area contributed by atoms with E-state index in [1.165, 1.54) is 36.7 Å². The number of hydrogen-bond acceptors (Lipinski definition) is 1. The second-order valence-electron chi connectivity index (χ2n) is 5.43. The van der Waals surface area contributed by atoms with Gasteiger partial charge >= 0.3 is 0 Å². The molecule has 0 radical (unpaired) electrons. The van der Waals surface area contributed by atoms with E-state index in [9.17, 15) is 5.11 Å². The van der Waals surface area contributed by atoms with Gasteiger partial charge in [-0.15, -0.1) is 0 Å². The molecule has 2 nitrogen and oxygen atoms in total. The molecular formula is C12H24NO+. The van der Waals surface area contributed by atoms with Gasteiger partial charge in [0.1, 0.15) is 0 Å². The minimum atomic E-state index is 0.000302. The van der Waals surface area contributed by atoms with Crippen molar-refractivity contribution in [3.8, 4) is 0 Å². The molecule has 82 valence electrons. The number of quaternary nitrogens is 1. The number of rotatable bonds is 3. The van der Waals surface area contributed by atoms with Crippen molar-refractivity contribution in [2.24, 2.45) is 0 Å². The summed E-state index contributed by atoms with van der Waals surface area (Å²) >= 11 is 0. The van der Waals surface area contributed by atoms with Crippen molar-refractivity contribution in [3.05, 3.63) is 0 Å². The number of unbranched alkanes of at least 4 members (excludes halogenated alkanes) is 1. The molecule has 0 spiro atoms. The van der Waals surface area contributed by atoms with Crippen molar-refractivity contribution in [2.45, 2.75) is 63.6 Å². The minimum absolute atomic E-state index is 0.000302. The third-order valence-electron chi connectivity index (χ3n) is 4.58. The van der Waals surface area contributed by atoms with Gasteiger partial charge in [0.15, 0.2) is 0 Å². The van der Waals surface area contributed by atoms with Crippen molar-refractivity contribution in [3.63, 3.8) is 0 Å². The summed E-state index contributed by atoms with van der Waals surface area (Å²) in [6.07, 6.45) is 7.45. The molecule has 0 aromatic rings. The fraction of sp³-hybridized carbons (Fsp3) is 1.00. The molecule has 2 saturated heterocycles. The van der Waals surface area contributed by atoms with Gasteiger partial charge in [-0.3, -0.25) is 0 Å². The van der Waals surface area contributed by atoms with E-state index in [2.05, 4.69) is 14.0 Å². The van der Waals surface area contributed by atoms with Crippen LogP contribution in [0.1, 0.15) is 45.4 Å². The molecule has 0 saturated carbocycles. The number of aliphatic hydroxyl groups is 1. The zero-order valence-electron chi connectivity index (χ0n) is 9.58. The molecule has 0 unspecified atom stereocenters. The number of hydrogen-bond donors (Lipinski definition) is 1. The van der Waals surface area contributed by atoms with E-state index in [4.69, 9.17) is 0 Å². The molecule has 1 N–H and O–H groups in total. The molecule has 0 amide bonds. The van der Waals surface area contributed by atoms with Crippen LogP contribution in [0.15, 0.2) is 0 Å². The Bertz CT molecular complexity index is 190. The lowest BCUT2D eigenvalue weighted by molar-refractivity contribution is -0.949. The van der Waals surface area contributed by atoms with Gasteiger partial charge in [0, 0.05) is 25.7 Å². The van der Waals surface area contributed by atoms with Gasteiger partial charge in [0.2, 0.25) is 0 Å². The third kappa shape index (κ3) is 1.59. The SMILES string of the molecule is CCCC[N+]1(C)[C@H]2CC[C@H]1CC(O)C2. The first kappa shape index (κ1) is 10.4. The Morgan fingerprint density at radius 1 is 1.21 bits per heavy atom. The summed E-state index contributed by atoms with van der Waals surface area (Å²) in [4.78, 5) is 0. The van der Waals surface area contributed by atoms with Crippen LogP contribution in [-0.4, -0.2) is 41.4 Å². The molecule has 2 heterocycles. The van der Waals surface area contributed by atoms with Gasteiger partial charge in [0.05, 0.1) is 31.8 Å². The van der Waals surface area contributed by atoms with Crippen LogP contribution in [0.3, 0.4) is 0 Å². The largest absolute Gasteiger partial charge is 0.393 e. The molecule has 0 aromatic heterocycles. The summed E-state index contributed by atoms with van der Waals surface area (Å²) < 4.78 is 1.27. The molecule has 2 aliphatic rings. The highest BCUT2D eigenvalue weighted by molar-refractivity contribution is 4.85. The monoisotopic (exact) mass is 198 g/mol. The lowest BCUT2D eigenvalue weighted by atomic mass is 9.96. The third-order valence-corrected chi connectivity index (χ3v) is 4.58. The average Bonchev–Trinajstić information content (AvgIpc) is 2.39. The van der Waals surface area contributed by atoms with E-state index >= 15 is 0 Å². The Kier molecular flexibility index (Phi) is 2.85. The van der Waals surface area contributed by atoms with Crippen molar-refractivity contribution in [1.82, 2.24) is 0 Å². The van der Waals surface area contributed by atoms with Crippen molar-refractivity contribution < 1.29 is 9.59 Å². The molecule has 2 fully saturated rings. The fourth-order valence-corrected chi connectivity index (χ4v) is 3.58. The Balaban J connectivity index is 2.05. The van der Waals surface area contributed by atoms with Crippen LogP contribution >= 0.6 is 0 Å². The van der Waals surface area contributed by atoms with E-state index in [0.29, 0.717) is 0 Å². The first-order valence-corrected chi connectivity index (χ1v) is 6.19. The van der Waals surface area contributed by atoms with Gasteiger partial charge in [0.25, 0.3) is 0 Å². The average molecular weight is 198 g/mol. The highest BCUT2D eigenvalue weighted by Gasteiger charge is 2.50. The Labute approximate surface area is 87.5 Å². The van der Waals surface area contributed by atoms with Crippen molar-refractivity contribution in [2.75, 3.05) is 13.6 Å². The lowest BCUT2D eigenvalue weighted by Gasteiger charge is -2.46. The summed E-state index contributed by atoms with van der Waals surface area (Å²) in [6, 6.07) is 1.52. The van der Waals surface area contributed by atoms with Crippen LogP contribution in [0.2, 0.25) is 0 Å². The fourth-order valence-electron chi connectivity index (χ4n) is 3.58. The van der Waals surface area contributed by atoms with Crippen LogP contribution in [0.5, 0.6) is 0 Å². The van der Waals surface area contributed by atoms with Crippen LogP contribution in [0.25, 0.3) is 0 Å². The maximum Gasteiger partial charge on any atom is 0.0917 e. The standard InChI is InChI=1S/C12H24NO/c1-3-4-7-13(2)10-5-6-11(13)9-12(14)8-10/h10-12,14H,3-9H2,1-2H3/q+1/t10-,11-,12?,13?/m0/s1. The molecule has 2 rings (SSSR count). The molecule has 2 heteroatoms. The zero-order chi connectivity index (χ0) is 10.2. The second kappa shape index (κ2) is 3.82. The number of fused-ring (bicyclic) bond motifs is 2. The molecule has 0 aliphatic carbocycles. The van der Waals surface area contributed by atoms with Crippen molar-refractivity contribution >= 4 is 0 Å². The van der Waals surface area contributed by atoms with Crippen LogP contribution in [0.4, 0.5) is 0 Å². The van der Waals surface area contributed by atoms with Gasteiger partial charge in [-0.2, -0.15) is 0 Å². The maximum absolute atomic E-state index is 9.74. The Hall–Kier alpha value is -0.0800. The molecular weight excluding hydrogens is 174 g/mol. The minimum Gasteiger partial charge on any atom is -0.393 e. The predicted molar refractivity (Wildman–Crippen MR) is 58.0 cm³/mol. The smallest absolute Gasteiger partial charge is 0.0917 e. The number of nitrogens with zero attached hydrogens (tertiary/aromatic N) is 1. The van der Waals surface area contributed by atoms with Gasteiger partial charge in [-0.1, -0.05) is 13.3 Å². The normalized spacial score (nSPS) is 46.9. The molecule has 14 heavy (non-hydrogen) atoms. The van der Waals surface area contributed by atoms with E-state index in [-0.39, 0.29) is 6.10 Å². The number of piperidine rings is 1. The first-order chi connectivity index (χ1) is 6.66. The van der Waals surface area contributed by atoms with E-state index in [1.54, 1.807) is 0 Å². The predicted octanol–water partition coefficient (Wildman–Crippen LogP) is 1.92. The van der Waals surface area contributed by atoms with Crippen LogP contribution in [0, 0.1) is 0 Å². The second-order valence-corrected chi connectivity index (χ2v) is 5.43. The summed E-state index contributed by atoms with van der Waals surface area (Å²) in [5, 5.41) is 9.74. The summed E-state index contributed by atoms with van der Waals surface area (Å²) in [7, 11) is 2.42. The van der Waals surface area contributed by atoms with Gasteiger partial charge in [-0.25, -0.2) is 0 Å². The highest BCUT2D eigenvalue weighted by atomic mass is 16.3. The Morgan fingerprint density at radius 2 is 1.79 bits per heavy atom. The molecule has 2 bridgehead atoms. The Morgan fingerprint density at radius 3 is 2.29 bits per heavy atom.